The van der Waals surface area contributed by atoms with E-state index in [4.69, 9.17) is 0 Å². The summed E-state index contributed by atoms with van der Waals surface area (Å²) in [5, 5.41) is 14.0. The first-order chi connectivity index (χ1) is 6.65. The molecule has 1 aromatic rings. The number of nitrogens with zero attached hydrogens (tertiary/aromatic N) is 2. The van der Waals surface area contributed by atoms with Gasteiger partial charge in [0.15, 0.2) is 0 Å². The minimum absolute atomic E-state index is 0.440. The molecule has 1 N–H and O–H groups in total. The Kier molecular flexibility index (Phi) is 3.73. The monoisotopic (exact) mass is 192 g/mol. The molecule has 3 heteroatoms. The largest absolute Gasteiger partial charge is 0.388 e. The summed E-state index contributed by atoms with van der Waals surface area (Å²) in [5.41, 5.74) is 1.80. The quantitative estimate of drug-likeness (QED) is 0.738. The number of hydrogen-bond acceptors (Lipinski definition) is 2. The number of aliphatic hydroxyl groups excluding tert-OH is 1. The van der Waals surface area contributed by atoms with Crippen LogP contribution >= 0.6 is 0 Å². The molecule has 0 saturated carbocycles. The highest BCUT2D eigenvalue weighted by Gasteiger charge is 2.12. The van der Waals surface area contributed by atoms with E-state index in [0.717, 1.165) is 17.7 Å². The van der Waals surface area contributed by atoms with Crippen molar-refractivity contribution in [3.63, 3.8) is 0 Å². The van der Waals surface area contributed by atoms with Gasteiger partial charge in [0.05, 0.1) is 11.8 Å². The second kappa shape index (κ2) is 4.83. The van der Waals surface area contributed by atoms with Crippen molar-refractivity contribution >= 4 is 0 Å². The van der Waals surface area contributed by atoms with Gasteiger partial charge in [0.25, 0.3) is 0 Å². The van der Waals surface area contributed by atoms with Crippen molar-refractivity contribution in [2.45, 2.75) is 32.8 Å². The van der Waals surface area contributed by atoms with Crippen molar-refractivity contribution in [3.8, 4) is 11.8 Å². The second-order valence-electron chi connectivity index (χ2n) is 3.32. The fraction of sp³-hybridized carbons (Fsp3) is 0.545. The fourth-order valence-electron chi connectivity index (χ4n) is 1.43. The summed E-state index contributed by atoms with van der Waals surface area (Å²) >= 11 is 0. The standard InChI is InChI=1S/C11H16N2O/c1-4-5-6-7-11(14)10-8-13(3)12-9(10)2/h8,11,14H,6-7H2,1-3H3. The van der Waals surface area contributed by atoms with Crippen LogP contribution in [0.3, 0.4) is 0 Å². The number of rotatable bonds is 3. The average molecular weight is 192 g/mol. The van der Waals surface area contributed by atoms with Crippen molar-refractivity contribution in [3.05, 3.63) is 17.5 Å². The fourth-order valence-corrected chi connectivity index (χ4v) is 1.43. The predicted molar refractivity (Wildman–Crippen MR) is 55.6 cm³/mol. The van der Waals surface area contributed by atoms with Crippen LogP contribution in [0.15, 0.2) is 6.20 Å². The molecule has 1 unspecified atom stereocenters. The molecule has 0 amide bonds. The van der Waals surface area contributed by atoms with Crippen LogP contribution in [-0.4, -0.2) is 14.9 Å². The molecule has 14 heavy (non-hydrogen) atoms. The summed E-state index contributed by atoms with van der Waals surface area (Å²) in [6.07, 6.45) is 2.82. The number of hydrogen-bond donors (Lipinski definition) is 1. The summed E-state index contributed by atoms with van der Waals surface area (Å²) in [5.74, 6) is 5.75. The summed E-state index contributed by atoms with van der Waals surface area (Å²) in [6, 6.07) is 0. The lowest BCUT2D eigenvalue weighted by molar-refractivity contribution is 0.168. The van der Waals surface area contributed by atoms with Crippen molar-refractivity contribution in [2.24, 2.45) is 7.05 Å². The summed E-state index contributed by atoms with van der Waals surface area (Å²) < 4.78 is 1.72. The van der Waals surface area contributed by atoms with Crippen LogP contribution in [0.5, 0.6) is 0 Å². The summed E-state index contributed by atoms with van der Waals surface area (Å²) in [4.78, 5) is 0. The minimum Gasteiger partial charge on any atom is -0.388 e. The maximum atomic E-state index is 9.82. The van der Waals surface area contributed by atoms with Crippen LogP contribution in [0.25, 0.3) is 0 Å². The molecular weight excluding hydrogens is 176 g/mol. The lowest BCUT2D eigenvalue weighted by atomic mass is 10.1. The molecule has 1 heterocycles. The molecule has 0 radical (unpaired) electrons. The molecule has 0 aromatic carbocycles. The first-order valence-corrected chi connectivity index (χ1v) is 4.73. The Morgan fingerprint density at radius 1 is 1.64 bits per heavy atom. The van der Waals surface area contributed by atoms with E-state index in [1.54, 1.807) is 4.68 Å². The van der Waals surface area contributed by atoms with Crippen LogP contribution in [0, 0.1) is 18.8 Å². The molecule has 0 aliphatic heterocycles. The molecule has 0 spiro atoms. The zero-order valence-corrected chi connectivity index (χ0v) is 8.91. The van der Waals surface area contributed by atoms with Gasteiger partial charge >= 0.3 is 0 Å². The Morgan fingerprint density at radius 3 is 2.86 bits per heavy atom. The van der Waals surface area contributed by atoms with E-state index in [1.807, 2.05) is 27.1 Å². The van der Waals surface area contributed by atoms with Crippen molar-refractivity contribution in [1.29, 1.82) is 0 Å². The summed E-state index contributed by atoms with van der Waals surface area (Å²) in [6.45, 7) is 3.71. The van der Waals surface area contributed by atoms with Crippen LogP contribution in [0.2, 0.25) is 0 Å². The Balaban J connectivity index is 2.62. The number of aromatic nitrogens is 2. The van der Waals surface area contributed by atoms with E-state index in [9.17, 15) is 5.11 Å². The highest BCUT2D eigenvalue weighted by molar-refractivity contribution is 5.18. The lowest BCUT2D eigenvalue weighted by Gasteiger charge is -2.06. The Labute approximate surface area is 84.8 Å². The topological polar surface area (TPSA) is 38.0 Å². The zero-order valence-electron chi connectivity index (χ0n) is 8.91. The van der Waals surface area contributed by atoms with Crippen LogP contribution < -0.4 is 0 Å². The van der Waals surface area contributed by atoms with Gasteiger partial charge in [-0.05, 0) is 20.3 Å². The zero-order chi connectivity index (χ0) is 10.6. The number of aryl methyl sites for hydroxylation is 2. The molecule has 76 valence electrons. The third kappa shape index (κ3) is 2.61. The van der Waals surface area contributed by atoms with Gasteiger partial charge in [0, 0.05) is 25.2 Å². The predicted octanol–water partition coefficient (Wildman–Crippen LogP) is 1.57. The Hall–Kier alpha value is -1.27. The normalized spacial score (nSPS) is 12.0. The average Bonchev–Trinajstić information content (AvgIpc) is 2.45. The molecule has 3 nitrogen and oxygen atoms in total. The maximum Gasteiger partial charge on any atom is 0.0832 e. The molecule has 0 saturated heterocycles. The first kappa shape index (κ1) is 10.8. The van der Waals surface area contributed by atoms with Crippen LogP contribution in [0.4, 0.5) is 0 Å². The molecule has 0 aliphatic carbocycles. The number of aliphatic hydroxyl groups is 1. The SMILES string of the molecule is CC#CCCC(O)c1cn(C)nc1C. The van der Waals surface area contributed by atoms with Crippen LogP contribution in [0.1, 0.15) is 37.1 Å². The molecule has 1 aromatic heterocycles. The van der Waals surface area contributed by atoms with E-state index >= 15 is 0 Å². The highest BCUT2D eigenvalue weighted by Crippen LogP contribution is 2.20. The third-order valence-corrected chi connectivity index (χ3v) is 2.13. The van der Waals surface area contributed by atoms with E-state index in [-0.39, 0.29) is 0 Å². The van der Waals surface area contributed by atoms with E-state index < -0.39 is 6.10 Å². The molecule has 1 rings (SSSR count). The second-order valence-corrected chi connectivity index (χ2v) is 3.32. The summed E-state index contributed by atoms with van der Waals surface area (Å²) in [7, 11) is 1.86. The van der Waals surface area contributed by atoms with Gasteiger partial charge in [0.1, 0.15) is 0 Å². The third-order valence-electron chi connectivity index (χ3n) is 2.13. The van der Waals surface area contributed by atoms with Gasteiger partial charge in [-0.3, -0.25) is 4.68 Å². The highest BCUT2D eigenvalue weighted by atomic mass is 16.3. The van der Waals surface area contributed by atoms with E-state index in [0.29, 0.717) is 6.42 Å². The molecule has 1 atom stereocenters. The Bertz CT molecular complexity index is 357. The van der Waals surface area contributed by atoms with E-state index in [1.165, 1.54) is 0 Å². The van der Waals surface area contributed by atoms with Gasteiger partial charge in [-0.2, -0.15) is 5.10 Å². The molecule has 0 aliphatic rings. The molecule has 0 bridgehead atoms. The van der Waals surface area contributed by atoms with Crippen molar-refractivity contribution in [2.75, 3.05) is 0 Å². The van der Waals surface area contributed by atoms with Gasteiger partial charge < -0.3 is 5.11 Å². The molecular formula is C11H16N2O. The van der Waals surface area contributed by atoms with Gasteiger partial charge in [0.2, 0.25) is 0 Å². The van der Waals surface area contributed by atoms with Crippen LogP contribution in [-0.2, 0) is 7.05 Å². The lowest BCUT2D eigenvalue weighted by Crippen LogP contribution is -1.97. The van der Waals surface area contributed by atoms with E-state index in [2.05, 4.69) is 16.9 Å². The first-order valence-electron chi connectivity index (χ1n) is 4.73. The smallest absolute Gasteiger partial charge is 0.0832 e. The Morgan fingerprint density at radius 2 is 2.36 bits per heavy atom. The van der Waals surface area contributed by atoms with Gasteiger partial charge in [-0.1, -0.05) is 0 Å². The van der Waals surface area contributed by atoms with Gasteiger partial charge in [-0.15, -0.1) is 11.8 Å². The van der Waals surface area contributed by atoms with Crippen molar-refractivity contribution < 1.29 is 5.11 Å². The van der Waals surface area contributed by atoms with Gasteiger partial charge in [-0.25, -0.2) is 0 Å². The maximum absolute atomic E-state index is 9.82. The minimum atomic E-state index is -0.440. The molecule has 0 fully saturated rings. The van der Waals surface area contributed by atoms with Crippen molar-refractivity contribution in [1.82, 2.24) is 9.78 Å².